The highest BCUT2D eigenvalue weighted by Gasteiger charge is 2.26. The summed E-state index contributed by atoms with van der Waals surface area (Å²) in [6.07, 6.45) is 6.10. The summed E-state index contributed by atoms with van der Waals surface area (Å²) >= 11 is 1.38. The molecule has 4 aromatic rings. The number of likely N-dealkylation sites (tertiary alicyclic amines) is 1. The third-order valence-electron chi connectivity index (χ3n) is 5.96. The normalized spacial score (nSPS) is 19.6. The summed E-state index contributed by atoms with van der Waals surface area (Å²) in [6.45, 7) is 1.24. The number of nitrogens with one attached hydrogen (secondary N) is 2. The minimum Gasteiger partial charge on any atom is -0.493 e. The van der Waals surface area contributed by atoms with Crippen molar-refractivity contribution in [2.24, 2.45) is 10.7 Å². The van der Waals surface area contributed by atoms with Gasteiger partial charge in [-0.05, 0) is 37.5 Å². The number of aromatic amines is 2. The summed E-state index contributed by atoms with van der Waals surface area (Å²) in [5.74, 6) is -0.273. The minimum atomic E-state index is -0.506. The van der Waals surface area contributed by atoms with E-state index in [9.17, 15) is 14.7 Å². The first-order valence-corrected chi connectivity index (χ1v) is 11.9. The number of amides is 1. The van der Waals surface area contributed by atoms with Crippen LogP contribution in [0, 0.1) is 0 Å². The second-order valence-electron chi connectivity index (χ2n) is 8.64. The molecule has 34 heavy (non-hydrogen) atoms. The van der Waals surface area contributed by atoms with Crippen LogP contribution in [0.4, 0.5) is 0 Å². The van der Waals surface area contributed by atoms with Crippen molar-refractivity contribution in [1.82, 2.24) is 29.5 Å². The van der Waals surface area contributed by atoms with Crippen molar-refractivity contribution < 1.29 is 9.90 Å². The van der Waals surface area contributed by atoms with Gasteiger partial charge in [-0.15, -0.1) is 11.3 Å². The van der Waals surface area contributed by atoms with E-state index in [1.807, 2.05) is 18.2 Å². The van der Waals surface area contributed by atoms with Crippen LogP contribution in [0.3, 0.4) is 0 Å². The predicted molar refractivity (Wildman–Crippen MR) is 125 cm³/mol. The number of carbonyl (C=O) groups excluding carboxylic acids is 1. The van der Waals surface area contributed by atoms with E-state index in [2.05, 4.69) is 15.1 Å². The lowest BCUT2D eigenvalue weighted by molar-refractivity contribution is 0.0795. The zero-order valence-electron chi connectivity index (χ0n) is 18.1. The van der Waals surface area contributed by atoms with Gasteiger partial charge in [0.2, 0.25) is 5.88 Å². The van der Waals surface area contributed by atoms with E-state index in [4.69, 9.17) is 15.7 Å². The third-order valence-corrected chi connectivity index (χ3v) is 7.05. The number of aromatic nitrogens is 5. The van der Waals surface area contributed by atoms with Gasteiger partial charge in [-0.2, -0.15) is 9.61 Å². The summed E-state index contributed by atoms with van der Waals surface area (Å²) in [4.78, 5) is 42.1. The van der Waals surface area contributed by atoms with Gasteiger partial charge in [-0.3, -0.25) is 14.8 Å². The monoisotopic (exact) mass is 478 g/mol. The molecule has 1 amide bonds. The van der Waals surface area contributed by atoms with Crippen LogP contribution in [-0.4, -0.2) is 65.7 Å². The summed E-state index contributed by atoms with van der Waals surface area (Å²) in [7, 11) is 0. The van der Waals surface area contributed by atoms with Crippen LogP contribution in [0.25, 0.3) is 22.3 Å². The van der Waals surface area contributed by atoms with Crippen molar-refractivity contribution in [3.63, 3.8) is 0 Å². The number of H-pyrrole nitrogens is 2. The summed E-state index contributed by atoms with van der Waals surface area (Å²) in [5, 5.41) is 15.0. The fourth-order valence-corrected chi connectivity index (χ4v) is 4.98. The van der Waals surface area contributed by atoms with E-state index in [-0.39, 0.29) is 29.6 Å². The fourth-order valence-electron chi connectivity index (χ4n) is 4.04. The molecule has 0 bridgehead atoms. The standard InChI is InChI=1S/C22H22N8O3S/c23-12-5-6-29(10-12)21(32)17-4-3-16(34-17)14-8-18(25-13-1-2-13)30-19(26-14)11(9-24-30)7-15-20(31)28-22(33)27-15/h3-4,7-9,12-13,31H,1-2,5-6,10,23H2,(H2,27,28,33). The van der Waals surface area contributed by atoms with Gasteiger partial charge in [0, 0.05) is 30.4 Å². The molecule has 1 aliphatic carbocycles. The zero-order valence-corrected chi connectivity index (χ0v) is 18.9. The van der Waals surface area contributed by atoms with Crippen LogP contribution in [0.2, 0.25) is 0 Å². The van der Waals surface area contributed by atoms with Gasteiger partial charge >= 0.3 is 5.69 Å². The number of thiophene rings is 1. The maximum atomic E-state index is 12.9. The second kappa shape index (κ2) is 7.92. The Labute approximate surface area is 196 Å². The molecule has 1 saturated heterocycles. The Morgan fingerprint density at radius 1 is 1.29 bits per heavy atom. The fraction of sp³-hybridized carbons (Fsp3) is 0.318. The molecule has 174 valence electrons. The maximum Gasteiger partial charge on any atom is 0.326 e. The molecule has 0 aromatic carbocycles. The number of hydrogen-bond donors (Lipinski definition) is 4. The molecule has 1 saturated carbocycles. The van der Waals surface area contributed by atoms with Crippen LogP contribution in [0.5, 0.6) is 5.88 Å². The minimum absolute atomic E-state index is 0.0153. The second-order valence-corrected chi connectivity index (χ2v) is 9.73. The van der Waals surface area contributed by atoms with Crippen LogP contribution in [0.1, 0.15) is 34.6 Å². The van der Waals surface area contributed by atoms with Crippen molar-refractivity contribution in [3.8, 4) is 16.5 Å². The van der Waals surface area contributed by atoms with Crippen LogP contribution in [0.15, 0.2) is 34.2 Å². The average Bonchev–Trinajstić information content (AvgIpc) is 3.18. The third kappa shape index (κ3) is 3.80. The SMILES string of the molecule is NC1CCN(C(=O)c2ccc(-c3cc(=NC4CC4)n4ncc(=Cc5[nH]c(=O)[nH]c5O)c4n3)s2)C1. The lowest BCUT2D eigenvalue weighted by Gasteiger charge is -2.14. The molecule has 1 unspecified atom stereocenters. The topological polar surface area (TPSA) is 158 Å². The number of fused-ring (bicyclic) bond motifs is 1. The molecule has 1 atom stereocenters. The summed E-state index contributed by atoms with van der Waals surface area (Å²) in [5.41, 5.74) is 7.57. The van der Waals surface area contributed by atoms with E-state index >= 15 is 0 Å². The Bertz CT molecular complexity index is 1590. The molecule has 1 aliphatic heterocycles. The highest BCUT2D eigenvalue weighted by atomic mass is 32.1. The first-order valence-electron chi connectivity index (χ1n) is 11.1. The summed E-state index contributed by atoms with van der Waals surface area (Å²) in [6, 6.07) is 5.89. The van der Waals surface area contributed by atoms with E-state index in [1.54, 1.807) is 21.7 Å². The van der Waals surface area contributed by atoms with Gasteiger partial charge in [-0.1, -0.05) is 0 Å². The average molecular weight is 479 g/mol. The highest BCUT2D eigenvalue weighted by Crippen LogP contribution is 2.28. The Morgan fingerprint density at radius 2 is 2.15 bits per heavy atom. The Morgan fingerprint density at radius 3 is 2.85 bits per heavy atom. The zero-order chi connectivity index (χ0) is 23.4. The molecule has 5 N–H and O–H groups in total. The van der Waals surface area contributed by atoms with Gasteiger partial charge in [0.1, 0.15) is 5.69 Å². The number of nitrogens with zero attached hydrogens (tertiary/aromatic N) is 5. The maximum absolute atomic E-state index is 12.9. The molecule has 6 rings (SSSR count). The quantitative estimate of drug-likeness (QED) is 0.322. The van der Waals surface area contributed by atoms with Gasteiger partial charge in [0.05, 0.1) is 27.7 Å². The molecule has 11 nitrogen and oxygen atoms in total. The van der Waals surface area contributed by atoms with Gasteiger partial charge < -0.3 is 20.7 Å². The Hall–Kier alpha value is -3.77. The molecule has 2 fully saturated rings. The van der Waals surface area contributed by atoms with Crippen molar-refractivity contribution in [1.29, 1.82) is 0 Å². The van der Waals surface area contributed by atoms with Gasteiger partial charge in [0.15, 0.2) is 11.1 Å². The smallest absolute Gasteiger partial charge is 0.326 e. The number of hydrogen-bond acceptors (Lipinski definition) is 8. The Kier molecular flexibility index (Phi) is 4.85. The van der Waals surface area contributed by atoms with Gasteiger partial charge in [0.25, 0.3) is 5.91 Å². The molecule has 0 radical (unpaired) electrons. The van der Waals surface area contributed by atoms with Crippen molar-refractivity contribution in [3.05, 3.63) is 56.2 Å². The van der Waals surface area contributed by atoms with Crippen LogP contribution >= 0.6 is 11.3 Å². The van der Waals surface area contributed by atoms with E-state index in [0.29, 0.717) is 40.0 Å². The van der Waals surface area contributed by atoms with Gasteiger partial charge in [-0.25, -0.2) is 9.78 Å². The molecular weight excluding hydrogens is 456 g/mol. The van der Waals surface area contributed by atoms with E-state index in [0.717, 1.165) is 24.1 Å². The number of nitrogens with two attached hydrogens (primary N) is 1. The molecule has 5 heterocycles. The number of rotatable bonds is 4. The number of aromatic hydroxyl groups is 1. The summed E-state index contributed by atoms with van der Waals surface area (Å²) < 4.78 is 1.65. The molecule has 0 spiro atoms. The van der Waals surface area contributed by atoms with Crippen molar-refractivity contribution in [2.45, 2.75) is 31.3 Å². The largest absolute Gasteiger partial charge is 0.493 e. The first-order chi connectivity index (χ1) is 16.4. The predicted octanol–water partition coefficient (Wildman–Crippen LogP) is -0.0362. The number of imidazole rings is 1. The first kappa shape index (κ1) is 20.8. The van der Waals surface area contributed by atoms with E-state index < -0.39 is 5.69 Å². The van der Waals surface area contributed by atoms with E-state index in [1.165, 1.54) is 11.3 Å². The van der Waals surface area contributed by atoms with Crippen LogP contribution in [-0.2, 0) is 0 Å². The molecule has 4 aromatic heterocycles. The number of carbonyl (C=O) groups is 1. The molecule has 12 heteroatoms. The van der Waals surface area contributed by atoms with Crippen molar-refractivity contribution in [2.75, 3.05) is 13.1 Å². The highest BCUT2D eigenvalue weighted by molar-refractivity contribution is 7.17. The Balaban J connectivity index is 1.46. The lowest BCUT2D eigenvalue weighted by atomic mass is 10.3. The van der Waals surface area contributed by atoms with Crippen molar-refractivity contribution >= 4 is 29.0 Å². The molecular formula is C22H22N8O3S. The molecule has 2 aliphatic rings. The van der Waals surface area contributed by atoms with Crippen LogP contribution < -0.4 is 22.1 Å². The lowest BCUT2D eigenvalue weighted by Crippen LogP contribution is -2.31.